The van der Waals surface area contributed by atoms with Crippen molar-refractivity contribution in [2.24, 2.45) is 0 Å². The molecule has 4 N–H and O–H groups in total. The predicted molar refractivity (Wildman–Crippen MR) is 237 cm³/mol. The van der Waals surface area contributed by atoms with E-state index in [-0.39, 0.29) is 0 Å². The highest BCUT2D eigenvalue weighted by Gasteiger charge is 2.15. The first-order chi connectivity index (χ1) is 26.5. The van der Waals surface area contributed by atoms with Crippen molar-refractivity contribution in [2.75, 3.05) is 56.4 Å². The Morgan fingerprint density at radius 2 is 0.821 bits per heavy atom. The van der Waals surface area contributed by atoms with Crippen LogP contribution in [0.15, 0.2) is 66.7 Å². The fraction of sp³-hybridized carbons (Fsp3) is 0.417. The Labute approximate surface area is 337 Å². The molecule has 0 heterocycles. The van der Waals surface area contributed by atoms with Gasteiger partial charge in [-0.1, -0.05) is 58.0 Å². The summed E-state index contributed by atoms with van der Waals surface area (Å²) in [7, 11) is 16.0. The van der Waals surface area contributed by atoms with Crippen LogP contribution in [0.1, 0.15) is 97.0 Å². The van der Waals surface area contributed by atoms with Crippen LogP contribution in [0.5, 0.6) is 23.0 Å². The Hall–Kier alpha value is -4.60. The highest BCUT2D eigenvalue weighted by Crippen LogP contribution is 2.36. The third-order valence-electron chi connectivity index (χ3n) is 9.82. The lowest BCUT2D eigenvalue weighted by Gasteiger charge is -2.18. The molecule has 0 bridgehead atoms. The van der Waals surface area contributed by atoms with E-state index in [1.54, 1.807) is 24.3 Å². The zero-order valence-electron chi connectivity index (χ0n) is 36.2. The molecule has 0 aromatic heterocycles. The molecule has 0 aliphatic rings. The summed E-state index contributed by atoms with van der Waals surface area (Å²) in [6, 6.07) is 21.5. The number of phenolic OH excluding ortho intramolecular Hbond substituents is 4. The summed E-state index contributed by atoms with van der Waals surface area (Å²) in [5.41, 5.74) is 13.3. The molecule has 304 valence electrons. The molecule has 8 nitrogen and oxygen atoms in total. The maximum atomic E-state index is 10.4. The molecule has 4 aromatic carbocycles. The molecule has 4 rings (SSSR count). The van der Waals surface area contributed by atoms with E-state index >= 15 is 0 Å². The average molecular weight is 765 g/mol. The third kappa shape index (κ3) is 12.7. The first kappa shape index (κ1) is 45.8. The summed E-state index contributed by atoms with van der Waals surface area (Å²) in [5.74, 6) is 1.37. The Morgan fingerprint density at radius 1 is 0.446 bits per heavy atom. The van der Waals surface area contributed by atoms with Crippen molar-refractivity contribution in [3.8, 4) is 23.0 Å². The minimum absolute atomic E-state index is 0.333. The van der Waals surface area contributed by atoms with Gasteiger partial charge in [0.15, 0.2) is 0 Å². The maximum absolute atomic E-state index is 10.4. The fourth-order valence-corrected chi connectivity index (χ4v) is 7.24. The summed E-state index contributed by atoms with van der Waals surface area (Å²) >= 11 is 0. The second-order valence-corrected chi connectivity index (χ2v) is 15.7. The Morgan fingerprint density at radius 3 is 1.18 bits per heavy atom. The van der Waals surface area contributed by atoms with Gasteiger partial charge in [-0.15, -0.1) is 0 Å². The van der Waals surface area contributed by atoms with Crippen molar-refractivity contribution in [1.82, 2.24) is 19.6 Å². The molecule has 0 fully saturated rings. The van der Waals surface area contributed by atoms with Crippen molar-refractivity contribution in [2.45, 2.75) is 79.6 Å². The van der Waals surface area contributed by atoms with Crippen LogP contribution < -0.4 is 0 Å². The van der Waals surface area contributed by atoms with E-state index in [0.29, 0.717) is 49.2 Å². The monoisotopic (exact) mass is 765 g/mol. The van der Waals surface area contributed by atoms with Crippen molar-refractivity contribution >= 4 is 22.8 Å². The van der Waals surface area contributed by atoms with E-state index < -0.39 is 0 Å². The predicted octanol–water partition coefficient (Wildman–Crippen LogP) is 9.69. The maximum Gasteiger partial charge on any atom is 0.120 e. The molecule has 0 saturated carbocycles. The largest absolute Gasteiger partial charge is 0.508 e. The lowest BCUT2D eigenvalue weighted by Crippen LogP contribution is -2.13. The molecule has 4 aromatic rings. The fourth-order valence-electron chi connectivity index (χ4n) is 7.24. The van der Waals surface area contributed by atoms with Gasteiger partial charge in [0, 0.05) is 48.4 Å². The van der Waals surface area contributed by atoms with E-state index in [1.807, 2.05) is 80.6 Å². The summed E-state index contributed by atoms with van der Waals surface area (Å²) in [6.07, 6.45) is 5.78. The normalized spacial score (nSPS) is 12.4. The molecule has 0 radical (unpaired) electrons. The lowest BCUT2D eigenvalue weighted by molar-refractivity contribution is 0.384. The SMILES string of the molecule is CC/C(=C(/CC)c1ccc(O)c(CN(C)C)c1)c1ccc(O)c(CN(C)C)c1.CC/C(=C/c1ccc(O)c(CN(C)C)c1CC)c1ccc(O)c(CN(C)C)c1. The summed E-state index contributed by atoms with van der Waals surface area (Å²) < 4.78 is 0. The number of benzene rings is 4. The van der Waals surface area contributed by atoms with E-state index in [9.17, 15) is 20.4 Å². The number of phenols is 4. The van der Waals surface area contributed by atoms with Gasteiger partial charge in [-0.2, -0.15) is 0 Å². The first-order valence-corrected chi connectivity index (χ1v) is 19.8. The molecular weight excluding hydrogens is 697 g/mol. The van der Waals surface area contributed by atoms with Gasteiger partial charge in [0.25, 0.3) is 0 Å². The number of hydrogen-bond donors (Lipinski definition) is 4. The highest BCUT2D eigenvalue weighted by atomic mass is 16.3. The van der Waals surface area contributed by atoms with Crippen molar-refractivity contribution < 1.29 is 20.4 Å². The van der Waals surface area contributed by atoms with Gasteiger partial charge in [-0.05, 0) is 169 Å². The lowest BCUT2D eigenvalue weighted by atomic mass is 9.89. The van der Waals surface area contributed by atoms with E-state index in [2.05, 4.69) is 71.6 Å². The van der Waals surface area contributed by atoms with Gasteiger partial charge in [0.1, 0.15) is 23.0 Å². The van der Waals surface area contributed by atoms with Gasteiger partial charge >= 0.3 is 0 Å². The second kappa shape index (κ2) is 21.6. The van der Waals surface area contributed by atoms with Gasteiger partial charge in [-0.25, -0.2) is 0 Å². The molecular formula is C48H68N4O4. The van der Waals surface area contributed by atoms with Crippen LogP contribution in [0.2, 0.25) is 0 Å². The van der Waals surface area contributed by atoms with Crippen LogP contribution >= 0.6 is 0 Å². The van der Waals surface area contributed by atoms with Gasteiger partial charge in [0.05, 0.1) is 0 Å². The topological polar surface area (TPSA) is 93.9 Å². The van der Waals surface area contributed by atoms with E-state index in [4.69, 9.17) is 0 Å². The summed E-state index contributed by atoms with van der Waals surface area (Å²) in [6.45, 7) is 11.4. The molecule has 0 aliphatic heterocycles. The third-order valence-corrected chi connectivity index (χ3v) is 9.82. The average Bonchev–Trinajstić information content (AvgIpc) is 3.13. The molecule has 0 aliphatic carbocycles. The van der Waals surface area contributed by atoms with Crippen LogP contribution in [-0.4, -0.2) is 96.4 Å². The molecule has 56 heavy (non-hydrogen) atoms. The number of nitrogens with zero attached hydrogens (tertiary/aromatic N) is 4. The number of allylic oxidation sites excluding steroid dienone is 3. The van der Waals surface area contributed by atoms with Gasteiger partial charge in [0.2, 0.25) is 0 Å². The van der Waals surface area contributed by atoms with Crippen LogP contribution in [-0.2, 0) is 32.6 Å². The summed E-state index contributed by atoms with van der Waals surface area (Å²) in [5, 5.41) is 41.0. The number of aromatic hydroxyl groups is 4. The molecule has 0 atom stereocenters. The highest BCUT2D eigenvalue weighted by molar-refractivity contribution is 5.91. The quantitative estimate of drug-likeness (QED) is 0.0839. The molecule has 0 saturated heterocycles. The van der Waals surface area contributed by atoms with Crippen molar-refractivity contribution in [1.29, 1.82) is 0 Å². The Balaban J connectivity index is 0.000000300. The molecule has 0 amide bonds. The molecule has 0 spiro atoms. The minimum atomic E-state index is 0.333. The van der Waals surface area contributed by atoms with E-state index in [0.717, 1.165) is 70.2 Å². The second-order valence-electron chi connectivity index (χ2n) is 15.7. The van der Waals surface area contributed by atoms with Crippen molar-refractivity contribution in [3.63, 3.8) is 0 Å². The minimum Gasteiger partial charge on any atom is -0.508 e. The van der Waals surface area contributed by atoms with Crippen molar-refractivity contribution in [3.05, 3.63) is 117 Å². The van der Waals surface area contributed by atoms with Gasteiger partial charge in [-0.3, -0.25) is 0 Å². The van der Waals surface area contributed by atoms with E-state index in [1.165, 1.54) is 22.3 Å². The van der Waals surface area contributed by atoms with Crippen LogP contribution in [0, 0.1) is 0 Å². The Bertz CT molecular complexity index is 1890. The standard InChI is InChI=1S/2C24H34N2O2/c1-7-21(17-9-11-23(27)19(13-17)15-25(3)4)22(8-2)18-10-12-24(28)20(14-18)16-26(5)6;1-7-17(18-9-11-23(27)20(14-18)15-25(3)4)13-19-10-12-24(28)22(16-26(5)6)21(19)8-2/h2*9-14,27-28H,7-8,15-16H2,1-6H3/b22-21+;17-13-. The Kier molecular flexibility index (Phi) is 17.7. The van der Waals surface area contributed by atoms with Crippen LogP contribution in [0.25, 0.3) is 22.8 Å². The first-order valence-electron chi connectivity index (χ1n) is 19.8. The zero-order chi connectivity index (χ0) is 41.7. The van der Waals surface area contributed by atoms with Gasteiger partial charge < -0.3 is 40.0 Å². The summed E-state index contributed by atoms with van der Waals surface area (Å²) in [4.78, 5) is 8.25. The number of rotatable bonds is 16. The smallest absolute Gasteiger partial charge is 0.120 e. The van der Waals surface area contributed by atoms with Crippen LogP contribution in [0.4, 0.5) is 0 Å². The number of hydrogen-bond acceptors (Lipinski definition) is 8. The zero-order valence-corrected chi connectivity index (χ0v) is 36.2. The van der Waals surface area contributed by atoms with Crippen LogP contribution in [0.3, 0.4) is 0 Å². The molecule has 0 unspecified atom stereocenters. The molecule has 8 heteroatoms.